The average Bonchev–Trinajstić information content (AvgIpc) is 3.27. The van der Waals surface area contributed by atoms with Crippen molar-refractivity contribution >= 4 is 11.6 Å². The number of aromatic nitrogens is 1. The molecule has 0 unspecified atom stereocenters. The highest BCUT2D eigenvalue weighted by Gasteiger charge is 2.17. The molecule has 0 aliphatic rings. The number of hydrogen-bond donors (Lipinski definition) is 1. The Morgan fingerprint density at radius 3 is 2.12 bits per heavy atom. The van der Waals surface area contributed by atoms with Crippen molar-refractivity contribution in [2.24, 2.45) is 0 Å². The van der Waals surface area contributed by atoms with E-state index in [-0.39, 0.29) is 5.91 Å². The van der Waals surface area contributed by atoms with Crippen molar-refractivity contribution in [1.82, 2.24) is 10.3 Å². The summed E-state index contributed by atoms with van der Waals surface area (Å²) in [5.41, 5.74) is 4.96. The monoisotopic (exact) mass is 425 g/mol. The molecule has 1 aromatic heterocycles. The first-order chi connectivity index (χ1) is 15.6. The molecule has 0 fully saturated rings. The molecule has 4 rings (SSSR count). The summed E-state index contributed by atoms with van der Waals surface area (Å²) in [6.07, 6.45) is 0.761. The van der Waals surface area contributed by atoms with Gasteiger partial charge in [0.1, 0.15) is 5.69 Å². The quantitative estimate of drug-likeness (QED) is 0.415. The number of amides is 1. The van der Waals surface area contributed by atoms with E-state index in [0.29, 0.717) is 25.3 Å². The number of carbonyl (C=O) groups excluding carboxylic acids is 1. The average molecular weight is 426 g/mol. The normalized spacial score (nSPS) is 10.7. The summed E-state index contributed by atoms with van der Waals surface area (Å²) < 4.78 is 6.11. The highest BCUT2D eigenvalue weighted by atomic mass is 16.4. The summed E-state index contributed by atoms with van der Waals surface area (Å²) in [7, 11) is 4.01. The van der Waals surface area contributed by atoms with Crippen molar-refractivity contribution in [3.63, 3.8) is 0 Å². The molecule has 4 aromatic rings. The molecule has 1 amide bonds. The Morgan fingerprint density at radius 1 is 0.875 bits per heavy atom. The van der Waals surface area contributed by atoms with Gasteiger partial charge in [0.2, 0.25) is 5.91 Å². The van der Waals surface area contributed by atoms with Gasteiger partial charge in [-0.1, -0.05) is 72.8 Å². The van der Waals surface area contributed by atoms with E-state index >= 15 is 0 Å². The van der Waals surface area contributed by atoms with Crippen molar-refractivity contribution < 1.29 is 9.21 Å². The SMILES string of the molecule is CN(C)c1ccc(CNC(=O)CCc2nc(-c3ccccc3)c(-c3ccccc3)o2)cc1. The van der Waals surface area contributed by atoms with Crippen LogP contribution in [0.25, 0.3) is 22.6 Å². The predicted molar refractivity (Wildman–Crippen MR) is 128 cm³/mol. The van der Waals surface area contributed by atoms with Gasteiger partial charge in [0.25, 0.3) is 0 Å². The fourth-order valence-electron chi connectivity index (χ4n) is 3.47. The van der Waals surface area contributed by atoms with Crippen LogP contribution < -0.4 is 10.2 Å². The fourth-order valence-corrected chi connectivity index (χ4v) is 3.47. The number of rotatable bonds is 8. The minimum atomic E-state index is -0.0255. The molecule has 0 atom stereocenters. The van der Waals surface area contributed by atoms with Crippen molar-refractivity contribution in [1.29, 1.82) is 0 Å². The number of nitrogens with zero attached hydrogens (tertiary/aromatic N) is 2. The minimum absolute atomic E-state index is 0.0255. The highest BCUT2D eigenvalue weighted by Crippen LogP contribution is 2.32. The van der Waals surface area contributed by atoms with Crippen LogP contribution in [0.1, 0.15) is 17.9 Å². The number of carbonyl (C=O) groups is 1. The largest absolute Gasteiger partial charge is 0.440 e. The Hall–Kier alpha value is -3.86. The van der Waals surface area contributed by atoms with Gasteiger partial charge in [-0.3, -0.25) is 4.79 Å². The van der Waals surface area contributed by atoms with E-state index in [9.17, 15) is 4.79 Å². The van der Waals surface area contributed by atoms with Crippen LogP contribution >= 0.6 is 0 Å². The van der Waals surface area contributed by atoms with Crippen LogP contribution in [0.3, 0.4) is 0 Å². The van der Waals surface area contributed by atoms with Gasteiger partial charge in [-0.15, -0.1) is 0 Å². The summed E-state index contributed by atoms with van der Waals surface area (Å²) in [5.74, 6) is 1.27. The molecular weight excluding hydrogens is 398 g/mol. The Kier molecular flexibility index (Phi) is 6.66. The van der Waals surface area contributed by atoms with Gasteiger partial charge in [-0.25, -0.2) is 4.98 Å². The number of benzene rings is 3. The maximum absolute atomic E-state index is 12.4. The molecule has 1 N–H and O–H groups in total. The molecule has 162 valence electrons. The molecule has 0 spiro atoms. The highest BCUT2D eigenvalue weighted by molar-refractivity contribution is 5.78. The summed E-state index contributed by atoms with van der Waals surface area (Å²) in [6.45, 7) is 0.503. The van der Waals surface area contributed by atoms with E-state index in [2.05, 4.69) is 5.32 Å². The number of nitrogens with one attached hydrogen (secondary N) is 1. The van der Waals surface area contributed by atoms with Crippen molar-refractivity contribution in [3.05, 3.63) is 96.4 Å². The van der Waals surface area contributed by atoms with Crippen LogP contribution in [0.5, 0.6) is 0 Å². The van der Waals surface area contributed by atoms with Crippen molar-refractivity contribution in [3.8, 4) is 22.6 Å². The predicted octanol–water partition coefficient (Wildman–Crippen LogP) is 5.32. The van der Waals surface area contributed by atoms with E-state index in [4.69, 9.17) is 9.40 Å². The number of anilines is 1. The third-order valence-electron chi connectivity index (χ3n) is 5.26. The van der Waals surface area contributed by atoms with Gasteiger partial charge in [0, 0.05) is 50.3 Å². The molecule has 5 nitrogen and oxygen atoms in total. The summed E-state index contributed by atoms with van der Waals surface area (Å²) in [6, 6.07) is 28.1. The van der Waals surface area contributed by atoms with E-state index in [1.165, 1.54) is 0 Å². The van der Waals surface area contributed by atoms with Crippen LogP contribution in [0.15, 0.2) is 89.3 Å². The van der Waals surface area contributed by atoms with E-state index in [1.54, 1.807) is 0 Å². The van der Waals surface area contributed by atoms with E-state index in [0.717, 1.165) is 33.8 Å². The first kappa shape index (κ1) is 21.4. The van der Waals surface area contributed by atoms with E-state index < -0.39 is 0 Å². The minimum Gasteiger partial charge on any atom is -0.440 e. The van der Waals surface area contributed by atoms with Crippen LogP contribution in [-0.2, 0) is 17.8 Å². The fraction of sp³-hybridized carbons (Fsp3) is 0.185. The van der Waals surface area contributed by atoms with Crippen molar-refractivity contribution in [2.45, 2.75) is 19.4 Å². The Morgan fingerprint density at radius 2 is 1.50 bits per heavy atom. The third kappa shape index (κ3) is 5.24. The van der Waals surface area contributed by atoms with Gasteiger partial charge in [0.15, 0.2) is 11.7 Å². The van der Waals surface area contributed by atoms with Crippen molar-refractivity contribution in [2.75, 3.05) is 19.0 Å². The van der Waals surface area contributed by atoms with Crippen LogP contribution in [0, 0.1) is 0 Å². The molecule has 0 bridgehead atoms. The first-order valence-electron chi connectivity index (χ1n) is 10.7. The van der Waals surface area contributed by atoms with Gasteiger partial charge >= 0.3 is 0 Å². The summed E-state index contributed by atoms with van der Waals surface area (Å²) >= 11 is 0. The standard InChI is InChI=1S/C27H27N3O2/c1-30(2)23-15-13-20(14-16-23)19-28-24(31)17-18-25-29-26(21-9-5-3-6-10-21)27(32-25)22-11-7-4-8-12-22/h3-16H,17-19H2,1-2H3,(H,28,31). The number of aryl methyl sites for hydroxylation is 1. The summed E-state index contributed by atoms with van der Waals surface area (Å²) in [5, 5.41) is 2.98. The smallest absolute Gasteiger partial charge is 0.220 e. The lowest BCUT2D eigenvalue weighted by molar-refractivity contribution is -0.121. The molecular formula is C27H27N3O2. The van der Waals surface area contributed by atoms with Crippen LogP contribution in [0.4, 0.5) is 5.69 Å². The Labute approximate surface area is 188 Å². The number of oxazole rings is 1. The molecule has 0 saturated heterocycles. The van der Waals surface area contributed by atoms with E-state index in [1.807, 2.05) is 104 Å². The van der Waals surface area contributed by atoms with Gasteiger partial charge in [-0.05, 0) is 17.7 Å². The van der Waals surface area contributed by atoms with Crippen LogP contribution in [0.2, 0.25) is 0 Å². The summed E-state index contributed by atoms with van der Waals surface area (Å²) in [4.78, 5) is 19.2. The third-order valence-corrected chi connectivity index (χ3v) is 5.26. The molecule has 0 radical (unpaired) electrons. The lowest BCUT2D eigenvalue weighted by Crippen LogP contribution is -2.23. The Bertz CT molecular complexity index is 1090. The molecule has 0 aliphatic heterocycles. The molecule has 5 heteroatoms. The van der Waals surface area contributed by atoms with Gasteiger partial charge < -0.3 is 14.6 Å². The zero-order valence-electron chi connectivity index (χ0n) is 18.4. The zero-order chi connectivity index (χ0) is 22.3. The molecule has 0 saturated carbocycles. The lowest BCUT2D eigenvalue weighted by atomic mass is 10.1. The second-order valence-corrected chi connectivity index (χ2v) is 7.85. The first-order valence-corrected chi connectivity index (χ1v) is 10.7. The zero-order valence-corrected chi connectivity index (χ0v) is 18.4. The molecule has 0 aliphatic carbocycles. The maximum Gasteiger partial charge on any atom is 0.220 e. The second kappa shape index (κ2) is 9.96. The topological polar surface area (TPSA) is 58.4 Å². The molecule has 1 heterocycles. The number of hydrogen-bond acceptors (Lipinski definition) is 4. The van der Waals surface area contributed by atoms with Gasteiger partial charge in [0.05, 0.1) is 0 Å². The second-order valence-electron chi connectivity index (χ2n) is 7.85. The van der Waals surface area contributed by atoms with Crippen LogP contribution in [-0.4, -0.2) is 25.0 Å². The maximum atomic E-state index is 12.4. The van der Waals surface area contributed by atoms with Gasteiger partial charge in [-0.2, -0.15) is 0 Å². The lowest BCUT2D eigenvalue weighted by Gasteiger charge is -2.12. The molecule has 3 aromatic carbocycles. The Balaban J connectivity index is 1.42. The molecule has 32 heavy (non-hydrogen) atoms.